The molecule has 1 unspecified atom stereocenters. The van der Waals surface area contributed by atoms with E-state index < -0.39 is 6.04 Å². The summed E-state index contributed by atoms with van der Waals surface area (Å²) in [5, 5.41) is 2.97. The van der Waals surface area contributed by atoms with Crippen LogP contribution in [0, 0.1) is 0 Å². The van der Waals surface area contributed by atoms with Gasteiger partial charge in [-0.25, -0.2) is 9.69 Å². The number of carbonyl (C=O) groups excluding carboxylic acids is 3. The van der Waals surface area contributed by atoms with Gasteiger partial charge in [0.2, 0.25) is 0 Å². The molecule has 0 spiro atoms. The summed E-state index contributed by atoms with van der Waals surface area (Å²) in [6.45, 7) is 1.06. The van der Waals surface area contributed by atoms with Crippen LogP contribution in [-0.2, 0) is 17.8 Å². The first kappa shape index (κ1) is 20.5. The van der Waals surface area contributed by atoms with Crippen molar-refractivity contribution in [1.29, 1.82) is 0 Å². The normalized spacial score (nSPS) is 20.0. The summed E-state index contributed by atoms with van der Waals surface area (Å²) in [7, 11) is 0. The molecule has 1 fully saturated rings. The van der Waals surface area contributed by atoms with E-state index in [9.17, 15) is 14.4 Å². The van der Waals surface area contributed by atoms with E-state index in [1.807, 2.05) is 24.3 Å². The summed E-state index contributed by atoms with van der Waals surface area (Å²) in [5.74, 6) is -0.345. The number of rotatable bonds is 5. The monoisotopic (exact) mass is 429 g/mol. The lowest BCUT2D eigenvalue weighted by atomic mass is 9.95. The van der Waals surface area contributed by atoms with Gasteiger partial charge in [0.05, 0.1) is 5.69 Å². The number of nitrogens with zero attached hydrogens (tertiary/aromatic N) is 2. The van der Waals surface area contributed by atoms with Crippen molar-refractivity contribution in [3.8, 4) is 0 Å². The average molecular weight is 430 g/mol. The highest BCUT2D eigenvalue weighted by Gasteiger charge is 2.47. The van der Waals surface area contributed by atoms with Gasteiger partial charge in [-0.15, -0.1) is 0 Å². The fraction of sp³-hybridized carbons (Fsp3) is 0.346. The second-order valence-electron chi connectivity index (χ2n) is 8.73. The van der Waals surface area contributed by atoms with Crippen LogP contribution in [0.4, 0.5) is 10.5 Å². The fourth-order valence-corrected chi connectivity index (χ4v) is 4.89. The van der Waals surface area contributed by atoms with Crippen LogP contribution in [0.15, 0.2) is 60.2 Å². The Bertz CT molecular complexity index is 1050. The van der Waals surface area contributed by atoms with Gasteiger partial charge < -0.3 is 10.2 Å². The molecule has 32 heavy (non-hydrogen) atoms. The number of hydrogen-bond donors (Lipinski definition) is 1. The standard InChI is InChI=1S/C26H27N3O3/c30-24(27-15-14-18-6-2-1-3-7-18)19-10-12-22(13-11-19)29-25(31)23-16-20-8-4-5-9-21(20)17-28(23)26(29)32/h4-6,8-13,23H,1-3,7,14-17H2,(H,27,30). The summed E-state index contributed by atoms with van der Waals surface area (Å²) in [5.41, 5.74) is 4.66. The number of nitrogens with one attached hydrogen (secondary N) is 1. The second kappa shape index (κ2) is 8.61. The first-order valence-electron chi connectivity index (χ1n) is 11.4. The van der Waals surface area contributed by atoms with Crippen molar-refractivity contribution in [3.63, 3.8) is 0 Å². The number of benzene rings is 2. The van der Waals surface area contributed by atoms with Gasteiger partial charge >= 0.3 is 6.03 Å². The molecule has 2 aromatic carbocycles. The van der Waals surface area contributed by atoms with E-state index in [0.717, 1.165) is 30.4 Å². The molecule has 0 bridgehead atoms. The Labute approximate surface area is 187 Å². The van der Waals surface area contributed by atoms with Crippen LogP contribution in [0.5, 0.6) is 0 Å². The third kappa shape index (κ3) is 3.81. The Morgan fingerprint density at radius 1 is 1.00 bits per heavy atom. The van der Waals surface area contributed by atoms with E-state index in [1.54, 1.807) is 29.2 Å². The van der Waals surface area contributed by atoms with Gasteiger partial charge in [0.15, 0.2) is 0 Å². The number of urea groups is 1. The van der Waals surface area contributed by atoms with Crippen molar-refractivity contribution < 1.29 is 14.4 Å². The number of anilines is 1. The molecule has 2 aliphatic heterocycles. The topological polar surface area (TPSA) is 69.7 Å². The molecule has 0 saturated carbocycles. The van der Waals surface area contributed by atoms with E-state index in [-0.39, 0.29) is 17.8 Å². The lowest BCUT2D eigenvalue weighted by Gasteiger charge is -2.28. The predicted molar refractivity (Wildman–Crippen MR) is 122 cm³/mol. The molecule has 4 amide bonds. The Kier molecular flexibility index (Phi) is 5.52. The van der Waals surface area contributed by atoms with E-state index in [0.29, 0.717) is 30.8 Å². The zero-order valence-corrected chi connectivity index (χ0v) is 18.0. The van der Waals surface area contributed by atoms with Crippen molar-refractivity contribution >= 4 is 23.5 Å². The molecular formula is C26H27N3O3. The zero-order chi connectivity index (χ0) is 22.1. The third-order valence-electron chi connectivity index (χ3n) is 6.70. The van der Waals surface area contributed by atoms with E-state index in [1.165, 1.54) is 23.3 Å². The summed E-state index contributed by atoms with van der Waals surface area (Å²) < 4.78 is 0. The molecular weight excluding hydrogens is 402 g/mol. The number of imide groups is 1. The highest BCUT2D eigenvalue weighted by molar-refractivity contribution is 6.21. The van der Waals surface area contributed by atoms with Crippen LogP contribution < -0.4 is 10.2 Å². The summed E-state index contributed by atoms with van der Waals surface area (Å²) in [4.78, 5) is 41.4. The Hall–Kier alpha value is -3.41. The maximum Gasteiger partial charge on any atom is 0.332 e. The maximum absolute atomic E-state index is 13.0. The van der Waals surface area contributed by atoms with Crippen LogP contribution in [-0.4, -0.2) is 35.3 Å². The Morgan fingerprint density at radius 3 is 2.53 bits per heavy atom. The molecule has 0 aromatic heterocycles. The Balaban J connectivity index is 1.24. The zero-order valence-electron chi connectivity index (χ0n) is 18.0. The summed E-state index contributed by atoms with van der Waals surface area (Å²) in [6, 6.07) is 13.9. The molecule has 3 aliphatic rings. The number of allylic oxidation sites excluding steroid dienone is 1. The van der Waals surface area contributed by atoms with Crippen LogP contribution >= 0.6 is 0 Å². The van der Waals surface area contributed by atoms with Gasteiger partial charge in [0.1, 0.15) is 6.04 Å². The van der Waals surface area contributed by atoms with Crippen molar-refractivity contribution in [2.45, 2.75) is 51.1 Å². The largest absolute Gasteiger partial charge is 0.352 e. The average Bonchev–Trinajstić information content (AvgIpc) is 3.07. The van der Waals surface area contributed by atoms with Crippen molar-refractivity contribution in [2.24, 2.45) is 0 Å². The van der Waals surface area contributed by atoms with E-state index in [4.69, 9.17) is 0 Å². The predicted octanol–water partition coefficient (Wildman–Crippen LogP) is 4.20. The first-order valence-corrected chi connectivity index (χ1v) is 11.4. The SMILES string of the molecule is O=C(NCCC1=CCCCC1)c1ccc(N2C(=O)C3Cc4ccccc4CN3C2=O)cc1. The highest BCUT2D eigenvalue weighted by atomic mass is 16.2. The summed E-state index contributed by atoms with van der Waals surface area (Å²) >= 11 is 0. The molecule has 1 saturated heterocycles. The van der Waals surface area contributed by atoms with Gasteiger partial charge in [0, 0.05) is 25.1 Å². The van der Waals surface area contributed by atoms with Gasteiger partial charge in [0.25, 0.3) is 11.8 Å². The van der Waals surface area contributed by atoms with Gasteiger partial charge in [-0.3, -0.25) is 9.59 Å². The molecule has 6 nitrogen and oxygen atoms in total. The van der Waals surface area contributed by atoms with Gasteiger partial charge in [-0.05, 0) is 67.5 Å². The minimum Gasteiger partial charge on any atom is -0.352 e. The molecule has 6 heteroatoms. The number of fused-ring (bicyclic) bond motifs is 2. The van der Waals surface area contributed by atoms with E-state index in [2.05, 4.69) is 11.4 Å². The number of hydrogen-bond acceptors (Lipinski definition) is 3. The lowest BCUT2D eigenvalue weighted by Crippen LogP contribution is -2.39. The third-order valence-corrected chi connectivity index (χ3v) is 6.70. The quantitative estimate of drug-likeness (QED) is 0.572. The van der Waals surface area contributed by atoms with E-state index >= 15 is 0 Å². The summed E-state index contributed by atoms with van der Waals surface area (Å²) in [6.07, 6.45) is 8.49. The Morgan fingerprint density at radius 2 is 1.78 bits per heavy atom. The molecule has 2 heterocycles. The first-order chi connectivity index (χ1) is 15.6. The van der Waals surface area contributed by atoms with Crippen LogP contribution in [0.2, 0.25) is 0 Å². The van der Waals surface area contributed by atoms with Gasteiger partial charge in [-0.2, -0.15) is 0 Å². The maximum atomic E-state index is 13.0. The van der Waals surface area contributed by atoms with Crippen molar-refractivity contribution in [3.05, 3.63) is 76.9 Å². The second-order valence-corrected chi connectivity index (χ2v) is 8.73. The molecule has 164 valence electrons. The van der Waals surface area contributed by atoms with Crippen LogP contribution in [0.25, 0.3) is 0 Å². The minimum absolute atomic E-state index is 0.139. The van der Waals surface area contributed by atoms with Crippen molar-refractivity contribution in [2.75, 3.05) is 11.4 Å². The number of amides is 4. The van der Waals surface area contributed by atoms with Gasteiger partial charge in [-0.1, -0.05) is 35.9 Å². The molecule has 1 aliphatic carbocycles. The fourth-order valence-electron chi connectivity index (χ4n) is 4.89. The molecule has 5 rings (SSSR count). The molecule has 1 atom stereocenters. The van der Waals surface area contributed by atoms with Crippen LogP contribution in [0.1, 0.15) is 53.6 Å². The minimum atomic E-state index is -0.463. The number of carbonyl (C=O) groups is 3. The van der Waals surface area contributed by atoms with Crippen LogP contribution in [0.3, 0.4) is 0 Å². The molecule has 2 aromatic rings. The smallest absolute Gasteiger partial charge is 0.332 e. The van der Waals surface area contributed by atoms with Crippen molar-refractivity contribution in [1.82, 2.24) is 10.2 Å². The highest BCUT2D eigenvalue weighted by Crippen LogP contribution is 2.33. The lowest BCUT2D eigenvalue weighted by molar-refractivity contribution is -0.120. The molecule has 1 N–H and O–H groups in total. The molecule has 0 radical (unpaired) electrons.